The molecule has 0 saturated carbocycles. The van der Waals surface area contributed by atoms with E-state index >= 15 is 0 Å². The highest BCUT2D eigenvalue weighted by Crippen LogP contribution is 2.27. The molecule has 2 N–H and O–H groups in total. The van der Waals surface area contributed by atoms with E-state index in [1.807, 2.05) is 48.5 Å². The van der Waals surface area contributed by atoms with Gasteiger partial charge < -0.3 is 10.3 Å². The normalized spacial score (nSPS) is 11.0. The largest absolute Gasteiger partial charge is 0.355 e. The van der Waals surface area contributed by atoms with E-state index < -0.39 is 0 Å². The lowest BCUT2D eigenvalue weighted by atomic mass is 10.1. The number of hydrogen-bond donors (Lipinski definition) is 2. The molecule has 0 aliphatic heterocycles. The summed E-state index contributed by atoms with van der Waals surface area (Å²) in [5.74, 6) is -0.0203. The second-order valence-electron chi connectivity index (χ2n) is 6.71. The maximum atomic E-state index is 12.7. The maximum absolute atomic E-state index is 12.7. The molecule has 0 aliphatic rings. The SMILES string of the molecule is Cn1c(SCC(=O)NCc2ccccc2Cl)nc2c(-c3ccccc3)c[nH]c2c1=O. The molecule has 0 aliphatic carbocycles. The van der Waals surface area contributed by atoms with Crippen LogP contribution in [0.3, 0.4) is 0 Å². The molecular formula is C22H19ClN4O2S. The second kappa shape index (κ2) is 8.77. The average Bonchev–Trinajstić information content (AvgIpc) is 3.19. The van der Waals surface area contributed by atoms with Crippen molar-refractivity contribution < 1.29 is 4.79 Å². The van der Waals surface area contributed by atoms with Crippen molar-refractivity contribution >= 4 is 40.3 Å². The van der Waals surface area contributed by atoms with Crippen molar-refractivity contribution in [3.05, 3.63) is 81.7 Å². The monoisotopic (exact) mass is 438 g/mol. The standard InChI is InChI=1S/C22H19ClN4O2S/c1-27-21(29)20-19(16(12-25-20)14-7-3-2-4-8-14)26-22(27)30-13-18(28)24-11-15-9-5-6-10-17(15)23/h2-10,12,25H,11,13H2,1H3,(H,24,28). The van der Waals surface area contributed by atoms with Gasteiger partial charge in [-0.3, -0.25) is 14.2 Å². The topological polar surface area (TPSA) is 79.8 Å². The van der Waals surface area contributed by atoms with Gasteiger partial charge in [0.2, 0.25) is 5.91 Å². The predicted octanol–water partition coefficient (Wildman–Crippen LogP) is 3.99. The van der Waals surface area contributed by atoms with E-state index in [1.54, 1.807) is 19.3 Å². The second-order valence-corrected chi connectivity index (χ2v) is 8.06. The van der Waals surface area contributed by atoms with Gasteiger partial charge in [-0.15, -0.1) is 0 Å². The molecule has 30 heavy (non-hydrogen) atoms. The van der Waals surface area contributed by atoms with Crippen LogP contribution >= 0.6 is 23.4 Å². The Hall–Kier alpha value is -3.03. The van der Waals surface area contributed by atoms with Gasteiger partial charge >= 0.3 is 0 Å². The van der Waals surface area contributed by atoms with Crippen LogP contribution in [0.4, 0.5) is 0 Å². The molecule has 4 rings (SSSR count). The number of carbonyl (C=O) groups is 1. The predicted molar refractivity (Wildman–Crippen MR) is 121 cm³/mol. The molecular weight excluding hydrogens is 420 g/mol. The summed E-state index contributed by atoms with van der Waals surface area (Å²) < 4.78 is 1.46. The van der Waals surface area contributed by atoms with Crippen molar-refractivity contribution in [2.24, 2.45) is 7.05 Å². The lowest BCUT2D eigenvalue weighted by molar-refractivity contribution is -0.118. The zero-order valence-corrected chi connectivity index (χ0v) is 17.8. The van der Waals surface area contributed by atoms with E-state index in [0.29, 0.717) is 27.8 Å². The number of amides is 1. The number of aromatic amines is 1. The summed E-state index contributed by atoms with van der Waals surface area (Å²) in [4.78, 5) is 32.8. The van der Waals surface area contributed by atoms with Crippen molar-refractivity contribution in [1.29, 1.82) is 0 Å². The summed E-state index contributed by atoms with van der Waals surface area (Å²) >= 11 is 7.35. The molecule has 4 aromatic rings. The van der Waals surface area contributed by atoms with Crippen LogP contribution in [-0.4, -0.2) is 26.2 Å². The first-order valence-electron chi connectivity index (χ1n) is 9.31. The molecule has 2 heterocycles. The van der Waals surface area contributed by atoms with Gasteiger partial charge in [0.15, 0.2) is 5.16 Å². The van der Waals surface area contributed by atoms with Gasteiger partial charge in [0, 0.05) is 30.4 Å². The third-order valence-corrected chi connectivity index (χ3v) is 6.12. The Balaban J connectivity index is 1.52. The van der Waals surface area contributed by atoms with E-state index in [-0.39, 0.29) is 17.2 Å². The minimum Gasteiger partial charge on any atom is -0.355 e. The van der Waals surface area contributed by atoms with E-state index in [4.69, 9.17) is 11.6 Å². The summed E-state index contributed by atoms with van der Waals surface area (Å²) in [6.45, 7) is 0.348. The van der Waals surface area contributed by atoms with Crippen LogP contribution in [-0.2, 0) is 18.4 Å². The van der Waals surface area contributed by atoms with Gasteiger partial charge in [-0.1, -0.05) is 71.9 Å². The maximum Gasteiger partial charge on any atom is 0.278 e. The van der Waals surface area contributed by atoms with Crippen molar-refractivity contribution in [1.82, 2.24) is 19.9 Å². The first kappa shape index (κ1) is 20.3. The molecule has 0 atom stereocenters. The highest BCUT2D eigenvalue weighted by atomic mass is 35.5. The van der Waals surface area contributed by atoms with Crippen LogP contribution in [0.15, 0.2) is 70.7 Å². The number of H-pyrrole nitrogens is 1. The highest BCUT2D eigenvalue weighted by molar-refractivity contribution is 7.99. The summed E-state index contributed by atoms with van der Waals surface area (Å²) in [5.41, 5.74) is 3.55. The third kappa shape index (κ3) is 4.13. The fourth-order valence-corrected chi connectivity index (χ4v) is 4.10. The molecule has 8 heteroatoms. The van der Waals surface area contributed by atoms with Crippen LogP contribution in [0.25, 0.3) is 22.2 Å². The molecule has 1 amide bonds. The Bertz CT molecular complexity index is 1270. The first-order chi connectivity index (χ1) is 14.5. The molecule has 0 bridgehead atoms. The van der Waals surface area contributed by atoms with Gasteiger partial charge in [0.1, 0.15) is 11.0 Å². The van der Waals surface area contributed by atoms with Crippen LogP contribution in [0.5, 0.6) is 0 Å². The van der Waals surface area contributed by atoms with Gasteiger partial charge in [-0.25, -0.2) is 4.98 Å². The molecule has 0 unspecified atom stereocenters. The van der Waals surface area contributed by atoms with Gasteiger partial charge in [-0.2, -0.15) is 0 Å². The van der Waals surface area contributed by atoms with Crippen LogP contribution in [0.1, 0.15) is 5.56 Å². The number of nitrogens with one attached hydrogen (secondary N) is 2. The number of rotatable bonds is 6. The fourth-order valence-electron chi connectivity index (χ4n) is 3.10. The summed E-state index contributed by atoms with van der Waals surface area (Å²) in [7, 11) is 1.65. The number of benzene rings is 2. The number of hydrogen-bond acceptors (Lipinski definition) is 4. The number of fused-ring (bicyclic) bond motifs is 1. The Morgan fingerprint density at radius 2 is 1.90 bits per heavy atom. The van der Waals surface area contributed by atoms with Crippen molar-refractivity contribution in [2.75, 3.05) is 5.75 Å². The quantitative estimate of drug-likeness (QED) is 0.352. The van der Waals surface area contributed by atoms with Crippen LogP contribution < -0.4 is 10.9 Å². The lowest BCUT2D eigenvalue weighted by Gasteiger charge is -2.09. The molecule has 0 saturated heterocycles. The van der Waals surface area contributed by atoms with Crippen LogP contribution in [0, 0.1) is 0 Å². The Kier molecular flexibility index (Phi) is 5.92. The van der Waals surface area contributed by atoms with E-state index in [1.165, 1.54) is 16.3 Å². The molecule has 0 radical (unpaired) electrons. The number of halogens is 1. The lowest BCUT2D eigenvalue weighted by Crippen LogP contribution is -2.26. The van der Waals surface area contributed by atoms with Crippen LogP contribution in [0.2, 0.25) is 5.02 Å². The smallest absolute Gasteiger partial charge is 0.278 e. The molecule has 2 aromatic carbocycles. The third-order valence-electron chi connectivity index (χ3n) is 4.72. The number of aromatic nitrogens is 3. The Morgan fingerprint density at radius 1 is 1.17 bits per heavy atom. The minimum atomic E-state index is -0.179. The van der Waals surface area contributed by atoms with Gasteiger partial charge in [-0.05, 0) is 17.2 Å². The molecule has 2 aromatic heterocycles. The van der Waals surface area contributed by atoms with Crippen molar-refractivity contribution in [3.8, 4) is 11.1 Å². The van der Waals surface area contributed by atoms with E-state index in [0.717, 1.165) is 16.7 Å². The van der Waals surface area contributed by atoms with Crippen molar-refractivity contribution in [3.63, 3.8) is 0 Å². The van der Waals surface area contributed by atoms with Gasteiger partial charge in [0.25, 0.3) is 5.56 Å². The summed E-state index contributed by atoms with van der Waals surface area (Å²) in [5, 5.41) is 3.94. The highest BCUT2D eigenvalue weighted by Gasteiger charge is 2.16. The van der Waals surface area contributed by atoms with Crippen molar-refractivity contribution in [2.45, 2.75) is 11.7 Å². The zero-order chi connectivity index (χ0) is 21.1. The minimum absolute atomic E-state index is 0.140. The Morgan fingerprint density at radius 3 is 2.67 bits per heavy atom. The molecule has 6 nitrogen and oxygen atoms in total. The Labute approximate surface area is 182 Å². The summed E-state index contributed by atoms with van der Waals surface area (Å²) in [6.07, 6.45) is 1.79. The van der Waals surface area contributed by atoms with E-state index in [9.17, 15) is 9.59 Å². The molecule has 0 spiro atoms. The number of thioether (sulfide) groups is 1. The number of carbonyl (C=O) groups excluding carboxylic acids is 1. The zero-order valence-electron chi connectivity index (χ0n) is 16.2. The molecule has 0 fully saturated rings. The fraction of sp³-hybridized carbons (Fsp3) is 0.136. The van der Waals surface area contributed by atoms with E-state index in [2.05, 4.69) is 15.3 Å². The first-order valence-corrected chi connectivity index (χ1v) is 10.7. The molecule has 152 valence electrons. The number of nitrogens with zero attached hydrogens (tertiary/aromatic N) is 2. The average molecular weight is 439 g/mol. The summed E-state index contributed by atoms with van der Waals surface area (Å²) in [6, 6.07) is 17.1. The van der Waals surface area contributed by atoms with Gasteiger partial charge in [0.05, 0.1) is 5.75 Å².